The molecule has 1 aromatic carbocycles. The Morgan fingerprint density at radius 3 is 2.67 bits per heavy atom. The molecule has 0 radical (unpaired) electrons. The van der Waals surface area contributed by atoms with E-state index >= 15 is 0 Å². The van der Waals surface area contributed by atoms with Crippen LogP contribution in [0.15, 0.2) is 53.0 Å². The second-order valence-corrected chi connectivity index (χ2v) is 8.60. The van der Waals surface area contributed by atoms with Crippen molar-refractivity contribution in [2.45, 2.75) is 17.2 Å². The van der Waals surface area contributed by atoms with Gasteiger partial charge in [-0.05, 0) is 36.8 Å². The predicted molar refractivity (Wildman–Crippen MR) is 90.8 cm³/mol. The molecule has 0 saturated carbocycles. The molecule has 0 amide bonds. The second kappa shape index (κ2) is 6.46. The Bertz CT molecular complexity index is 963. The Hall–Kier alpha value is -2.03. The minimum Gasteiger partial charge on any atom is -0.336 e. The van der Waals surface area contributed by atoms with E-state index < -0.39 is 21.9 Å². The molecule has 0 fully saturated rings. The van der Waals surface area contributed by atoms with E-state index in [4.69, 9.17) is 0 Å². The zero-order chi connectivity index (χ0) is 17.3. The number of nitrogens with one attached hydrogen (secondary N) is 1. The fourth-order valence-electron chi connectivity index (χ4n) is 2.38. The van der Waals surface area contributed by atoms with E-state index in [1.54, 1.807) is 48.3 Å². The summed E-state index contributed by atoms with van der Waals surface area (Å²) in [6.45, 7) is 1.84. The average Bonchev–Trinajstić information content (AvgIpc) is 3.14. The third kappa shape index (κ3) is 3.40. The van der Waals surface area contributed by atoms with Crippen LogP contribution in [0, 0.1) is 12.7 Å². The summed E-state index contributed by atoms with van der Waals surface area (Å²) in [7, 11) is -1.99. The van der Waals surface area contributed by atoms with Gasteiger partial charge in [0.1, 0.15) is 21.9 Å². The quantitative estimate of drug-likeness (QED) is 0.756. The molecule has 0 aliphatic rings. The van der Waals surface area contributed by atoms with Gasteiger partial charge in [0.15, 0.2) is 0 Å². The zero-order valence-corrected chi connectivity index (χ0v) is 14.7. The van der Waals surface area contributed by atoms with Crippen LogP contribution < -0.4 is 4.72 Å². The first kappa shape index (κ1) is 16.8. The molecule has 8 heteroatoms. The van der Waals surface area contributed by atoms with Crippen LogP contribution in [0.4, 0.5) is 4.39 Å². The SMILES string of the molecule is Cc1ccc(S(=O)(=O)N[C@@H](c2cccc(F)c2)c2nccn2C)s1. The van der Waals surface area contributed by atoms with E-state index in [1.807, 2.05) is 6.92 Å². The van der Waals surface area contributed by atoms with Gasteiger partial charge < -0.3 is 4.57 Å². The van der Waals surface area contributed by atoms with Gasteiger partial charge in [0.05, 0.1) is 0 Å². The lowest BCUT2D eigenvalue weighted by molar-refractivity contribution is 0.562. The summed E-state index contributed by atoms with van der Waals surface area (Å²) >= 11 is 1.18. The van der Waals surface area contributed by atoms with Crippen molar-refractivity contribution < 1.29 is 12.8 Å². The van der Waals surface area contributed by atoms with Crippen LogP contribution in [0.25, 0.3) is 0 Å². The Morgan fingerprint density at radius 2 is 2.08 bits per heavy atom. The predicted octanol–water partition coefficient (Wildman–Crippen LogP) is 3.00. The van der Waals surface area contributed by atoms with Crippen LogP contribution in [-0.2, 0) is 17.1 Å². The summed E-state index contributed by atoms with van der Waals surface area (Å²) in [5.74, 6) is 0.0512. The van der Waals surface area contributed by atoms with E-state index in [2.05, 4.69) is 9.71 Å². The van der Waals surface area contributed by atoms with E-state index in [0.29, 0.717) is 11.4 Å². The van der Waals surface area contributed by atoms with E-state index in [1.165, 1.54) is 23.5 Å². The minimum atomic E-state index is -3.75. The molecule has 24 heavy (non-hydrogen) atoms. The number of nitrogens with zero attached hydrogens (tertiary/aromatic N) is 2. The number of halogens is 1. The second-order valence-electron chi connectivity index (χ2n) is 5.37. The fraction of sp³-hybridized carbons (Fsp3) is 0.188. The summed E-state index contributed by atoms with van der Waals surface area (Å²) in [5.41, 5.74) is 0.487. The minimum absolute atomic E-state index is 0.218. The highest BCUT2D eigenvalue weighted by molar-refractivity contribution is 7.91. The van der Waals surface area contributed by atoms with Crippen LogP contribution in [0.2, 0.25) is 0 Å². The van der Waals surface area contributed by atoms with Gasteiger partial charge in [-0.15, -0.1) is 11.3 Å². The first-order chi connectivity index (χ1) is 11.4. The van der Waals surface area contributed by atoms with Crippen molar-refractivity contribution in [1.82, 2.24) is 14.3 Å². The monoisotopic (exact) mass is 365 g/mol. The summed E-state index contributed by atoms with van der Waals surface area (Å²) in [6.07, 6.45) is 3.29. The first-order valence-corrected chi connectivity index (χ1v) is 9.48. The molecule has 0 saturated heterocycles. The normalized spacial score (nSPS) is 13.1. The lowest BCUT2D eigenvalue weighted by Crippen LogP contribution is -2.30. The molecule has 2 aromatic heterocycles. The maximum absolute atomic E-state index is 13.6. The maximum atomic E-state index is 13.6. The summed E-state index contributed by atoms with van der Waals surface area (Å²) in [5, 5.41) is 0. The largest absolute Gasteiger partial charge is 0.336 e. The van der Waals surface area contributed by atoms with Gasteiger partial charge in [-0.3, -0.25) is 0 Å². The highest BCUT2D eigenvalue weighted by Gasteiger charge is 2.26. The van der Waals surface area contributed by atoms with Crippen LogP contribution in [0.1, 0.15) is 22.3 Å². The fourth-order valence-corrected chi connectivity index (χ4v) is 4.86. The Morgan fingerprint density at radius 1 is 1.29 bits per heavy atom. The molecule has 1 N–H and O–H groups in total. The number of sulfonamides is 1. The number of hydrogen-bond acceptors (Lipinski definition) is 4. The number of hydrogen-bond donors (Lipinski definition) is 1. The van der Waals surface area contributed by atoms with Crippen molar-refractivity contribution in [3.8, 4) is 0 Å². The Balaban J connectivity index is 2.04. The van der Waals surface area contributed by atoms with Crippen molar-refractivity contribution >= 4 is 21.4 Å². The van der Waals surface area contributed by atoms with Crippen molar-refractivity contribution in [3.05, 3.63) is 70.9 Å². The van der Waals surface area contributed by atoms with E-state index in [9.17, 15) is 12.8 Å². The topological polar surface area (TPSA) is 64.0 Å². The highest BCUT2D eigenvalue weighted by Crippen LogP contribution is 2.26. The van der Waals surface area contributed by atoms with Crippen LogP contribution >= 0.6 is 11.3 Å². The van der Waals surface area contributed by atoms with Crippen LogP contribution in [0.5, 0.6) is 0 Å². The standard InChI is InChI=1S/C16H16FN3O2S2/c1-11-6-7-14(23-11)24(21,22)19-15(16-18-8-9-20(16)2)12-4-3-5-13(17)10-12/h3-10,15,19H,1-2H3/t15-/m0/s1. The van der Waals surface area contributed by atoms with Crippen molar-refractivity contribution in [2.24, 2.45) is 7.05 Å². The lowest BCUT2D eigenvalue weighted by Gasteiger charge is -2.18. The maximum Gasteiger partial charge on any atom is 0.251 e. The van der Waals surface area contributed by atoms with Gasteiger partial charge in [0.25, 0.3) is 10.0 Å². The Labute approximate surface area is 143 Å². The molecular weight excluding hydrogens is 349 g/mol. The number of rotatable bonds is 5. The van der Waals surface area contributed by atoms with E-state index in [-0.39, 0.29) is 4.21 Å². The molecular formula is C16H16FN3O2S2. The molecule has 3 aromatic rings. The average molecular weight is 365 g/mol. The molecule has 0 aliphatic carbocycles. The molecule has 0 bridgehead atoms. The molecule has 0 aliphatic heterocycles. The molecule has 2 heterocycles. The van der Waals surface area contributed by atoms with Gasteiger partial charge in [-0.1, -0.05) is 12.1 Å². The van der Waals surface area contributed by atoms with Gasteiger partial charge in [-0.25, -0.2) is 17.8 Å². The van der Waals surface area contributed by atoms with Gasteiger partial charge in [0, 0.05) is 24.3 Å². The third-order valence-electron chi connectivity index (χ3n) is 3.55. The molecule has 126 valence electrons. The van der Waals surface area contributed by atoms with Crippen LogP contribution in [-0.4, -0.2) is 18.0 Å². The molecule has 5 nitrogen and oxygen atoms in total. The van der Waals surface area contributed by atoms with Crippen molar-refractivity contribution in [2.75, 3.05) is 0 Å². The third-order valence-corrected chi connectivity index (χ3v) is 6.47. The number of aromatic nitrogens is 2. The molecule has 1 atom stereocenters. The summed E-state index contributed by atoms with van der Waals surface area (Å²) < 4.78 is 43.6. The summed E-state index contributed by atoms with van der Waals surface area (Å²) in [6, 6.07) is 8.36. The molecule has 0 unspecified atom stereocenters. The van der Waals surface area contributed by atoms with Crippen molar-refractivity contribution in [3.63, 3.8) is 0 Å². The number of thiophene rings is 1. The van der Waals surface area contributed by atoms with Gasteiger partial charge >= 0.3 is 0 Å². The number of aryl methyl sites for hydroxylation is 2. The Kier molecular flexibility index (Phi) is 4.53. The lowest BCUT2D eigenvalue weighted by atomic mass is 10.1. The van der Waals surface area contributed by atoms with E-state index in [0.717, 1.165) is 4.88 Å². The van der Waals surface area contributed by atoms with Crippen LogP contribution in [0.3, 0.4) is 0 Å². The summed E-state index contributed by atoms with van der Waals surface area (Å²) in [4.78, 5) is 5.12. The van der Waals surface area contributed by atoms with Gasteiger partial charge in [-0.2, -0.15) is 4.72 Å². The number of imidazole rings is 1. The van der Waals surface area contributed by atoms with Crippen molar-refractivity contribution in [1.29, 1.82) is 0 Å². The zero-order valence-electron chi connectivity index (χ0n) is 13.1. The molecule has 3 rings (SSSR count). The first-order valence-electron chi connectivity index (χ1n) is 7.18. The highest BCUT2D eigenvalue weighted by atomic mass is 32.2. The smallest absolute Gasteiger partial charge is 0.251 e. The molecule has 0 spiro atoms. The van der Waals surface area contributed by atoms with Gasteiger partial charge in [0.2, 0.25) is 0 Å². The number of benzene rings is 1.